The summed E-state index contributed by atoms with van der Waals surface area (Å²) in [6.45, 7) is 2.53. The molecule has 0 bridgehead atoms. The van der Waals surface area contributed by atoms with Crippen LogP contribution in [0.1, 0.15) is 11.3 Å². The molecule has 0 atom stereocenters. The molecule has 0 radical (unpaired) electrons. The lowest BCUT2D eigenvalue weighted by atomic mass is 10.1. The third kappa shape index (κ3) is 3.69. The molecule has 2 aromatic carbocycles. The summed E-state index contributed by atoms with van der Waals surface area (Å²) in [6.07, 6.45) is 0. The molecular formula is C19H17Cl2NO2. The Hall–Kier alpha value is -2.10. The van der Waals surface area contributed by atoms with E-state index < -0.39 is 0 Å². The minimum Gasteiger partial charge on any atom is -0.495 e. The smallest absolute Gasteiger partial charge is 0.137 e. The highest BCUT2D eigenvalue weighted by Crippen LogP contribution is 2.29. The topological polar surface area (TPSA) is 34.4 Å². The third-order valence-electron chi connectivity index (χ3n) is 3.74. The lowest BCUT2D eigenvalue weighted by Gasteiger charge is -2.08. The number of methoxy groups -OCH3 is 1. The van der Waals surface area contributed by atoms with Crippen molar-refractivity contribution in [2.45, 2.75) is 13.5 Å². The van der Waals surface area contributed by atoms with Gasteiger partial charge in [-0.2, -0.15) is 0 Å². The van der Waals surface area contributed by atoms with Crippen LogP contribution >= 0.6 is 23.2 Å². The lowest BCUT2D eigenvalue weighted by molar-refractivity contribution is 0.415. The van der Waals surface area contributed by atoms with E-state index in [1.807, 2.05) is 55.5 Å². The predicted molar refractivity (Wildman–Crippen MR) is 99.2 cm³/mol. The van der Waals surface area contributed by atoms with Crippen molar-refractivity contribution >= 4 is 28.9 Å². The van der Waals surface area contributed by atoms with Gasteiger partial charge in [-0.1, -0.05) is 35.3 Å². The maximum atomic E-state index is 6.17. The van der Waals surface area contributed by atoms with Gasteiger partial charge in [0, 0.05) is 16.3 Å². The molecule has 0 fully saturated rings. The molecule has 3 aromatic rings. The van der Waals surface area contributed by atoms with Gasteiger partial charge in [-0.05, 0) is 48.9 Å². The van der Waals surface area contributed by atoms with Crippen molar-refractivity contribution in [3.8, 4) is 17.1 Å². The maximum absolute atomic E-state index is 6.17. The number of benzene rings is 2. The van der Waals surface area contributed by atoms with E-state index in [0.717, 1.165) is 33.4 Å². The number of furan rings is 1. The van der Waals surface area contributed by atoms with Crippen molar-refractivity contribution < 1.29 is 9.15 Å². The average molecular weight is 362 g/mol. The third-order valence-corrected chi connectivity index (χ3v) is 4.44. The average Bonchev–Trinajstić information content (AvgIpc) is 3.04. The first-order valence-corrected chi connectivity index (χ1v) is 8.25. The number of halogens is 2. The Bertz CT molecular complexity index is 858. The van der Waals surface area contributed by atoms with Crippen molar-refractivity contribution in [2.75, 3.05) is 12.4 Å². The van der Waals surface area contributed by atoms with Gasteiger partial charge in [0.25, 0.3) is 0 Å². The molecule has 0 unspecified atom stereocenters. The number of hydrogen-bond acceptors (Lipinski definition) is 3. The van der Waals surface area contributed by atoms with Crippen LogP contribution in [0.3, 0.4) is 0 Å². The van der Waals surface area contributed by atoms with E-state index in [9.17, 15) is 0 Å². The highest BCUT2D eigenvalue weighted by molar-refractivity contribution is 6.32. The zero-order chi connectivity index (χ0) is 17.1. The Morgan fingerprint density at radius 3 is 2.54 bits per heavy atom. The fraction of sp³-hybridized carbons (Fsp3) is 0.158. The van der Waals surface area contributed by atoms with Crippen LogP contribution < -0.4 is 10.1 Å². The van der Waals surface area contributed by atoms with Gasteiger partial charge in [0.15, 0.2) is 0 Å². The molecule has 3 rings (SSSR count). The Morgan fingerprint density at radius 2 is 1.83 bits per heavy atom. The molecule has 0 aliphatic heterocycles. The molecule has 24 heavy (non-hydrogen) atoms. The summed E-state index contributed by atoms with van der Waals surface area (Å²) in [5.41, 5.74) is 2.91. The molecule has 0 saturated carbocycles. The number of aryl methyl sites for hydroxylation is 1. The van der Waals surface area contributed by atoms with Crippen LogP contribution in [0, 0.1) is 6.92 Å². The molecule has 5 heteroatoms. The van der Waals surface area contributed by atoms with Gasteiger partial charge in [-0.15, -0.1) is 0 Å². The maximum Gasteiger partial charge on any atom is 0.137 e. The van der Waals surface area contributed by atoms with Gasteiger partial charge in [0.2, 0.25) is 0 Å². The number of nitrogens with one attached hydrogen (secondary N) is 1. The number of anilines is 1. The van der Waals surface area contributed by atoms with Gasteiger partial charge in [0.1, 0.15) is 17.3 Å². The zero-order valence-corrected chi connectivity index (χ0v) is 14.9. The summed E-state index contributed by atoms with van der Waals surface area (Å²) in [7, 11) is 1.59. The van der Waals surface area contributed by atoms with Crippen molar-refractivity contribution in [1.29, 1.82) is 0 Å². The molecule has 0 spiro atoms. The van der Waals surface area contributed by atoms with Gasteiger partial charge >= 0.3 is 0 Å². The zero-order valence-electron chi connectivity index (χ0n) is 13.4. The monoisotopic (exact) mass is 361 g/mol. The minimum atomic E-state index is 0.558. The second kappa shape index (κ2) is 7.20. The van der Waals surface area contributed by atoms with E-state index >= 15 is 0 Å². The Balaban J connectivity index is 1.70. The van der Waals surface area contributed by atoms with Crippen molar-refractivity contribution in [3.63, 3.8) is 0 Å². The lowest BCUT2D eigenvalue weighted by Crippen LogP contribution is -1.98. The molecule has 0 saturated heterocycles. The second-order valence-corrected chi connectivity index (χ2v) is 6.25. The molecule has 0 aliphatic rings. The van der Waals surface area contributed by atoms with E-state index in [1.54, 1.807) is 7.11 Å². The standard InChI is InChI=1S/C19H17Cl2NO2/c1-12-3-4-13(9-16(12)20)18-8-6-15(24-18)11-22-14-5-7-19(23-2)17(21)10-14/h3-10,22H,11H2,1-2H3. The molecule has 3 nitrogen and oxygen atoms in total. The first-order chi connectivity index (χ1) is 11.6. The molecule has 1 heterocycles. The summed E-state index contributed by atoms with van der Waals surface area (Å²) >= 11 is 12.3. The van der Waals surface area contributed by atoms with Crippen molar-refractivity contribution in [1.82, 2.24) is 0 Å². The summed E-state index contributed by atoms with van der Waals surface area (Å²) < 4.78 is 11.0. The van der Waals surface area contributed by atoms with Crippen molar-refractivity contribution in [2.24, 2.45) is 0 Å². The van der Waals surface area contributed by atoms with E-state index in [4.69, 9.17) is 32.4 Å². The van der Waals surface area contributed by atoms with Crippen LogP contribution in [0.15, 0.2) is 52.9 Å². The minimum absolute atomic E-state index is 0.558. The number of ether oxygens (including phenoxy) is 1. The summed E-state index contributed by atoms with van der Waals surface area (Å²) in [4.78, 5) is 0. The van der Waals surface area contributed by atoms with Gasteiger partial charge < -0.3 is 14.5 Å². The van der Waals surface area contributed by atoms with E-state index in [2.05, 4.69) is 5.32 Å². The Labute approximate surface area is 151 Å². The highest BCUT2D eigenvalue weighted by atomic mass is 35.5. The fourth-order valence-corrected chi connectivity index (χ4v) is 2.78. The Morgan fingerprint density at radius 1 is 1.00 bits per heavy atom. The quantitative estimate of drug-likeness (QED) is 0.588. The fourth-order valence-electron chi connectivity index (χ4n) is 2.34. The van der Waals surface area contributed by atoms with Crippen LogP contribution in [0.2, 0.25) is 10.0 Å². The predicted octanol–water partition coefficient (Wildman–Crippen LogP) is 6.18. The second-order valence-electron chi connectivity index (χ2n) is 5.43. The SMILES string of the molecule is COc1ccc(NCc2ccc(-c3ccc(C)c(Cl)c3)o2)cc1Cl. The first-order valence-electron chi connectivity index (χ1n) is 7.49. The van der Waals surface area contributed by atoms with Crippen LogP contribution in [0.5, 0.6) is 5.75 Å². The summed E-state index contributed by atoms with van der Waals surface area (Å²) in [5, 5.41) is 4.58. The molecule has 1 aromatic heterocycles. The van der Waals surface area contributed by atoms with Crippen molar-refractivity contribution in [3.05, 3.63) is 69.9 Å². The number of rotatable bonds is 5. The van der Waals surface area contributed by atoms with Gasteiger partial charge in [-0.25, -0.2) is 0 Å². The normalized spacial score (nSPS) is 10.7. The largest absolute Gasteiger partial charge is 0.495 e. The molecule has 1 N–H and O–H groups in total. The van der Waals surface area contributed by atoms with Crippen LogP contribution in [0.25, 0.3) is 11.3 Å². The summed E-state index contributed by atoms with van der Waals surface area (Å²) in [6, 6.07) is 15.3. The van der Waals surface area contributed by atoms with Crippen LogP contribution in [0.4, 0.5) is 5.69 Å². The molecule has 0 aliphatic carbocycles. The van der Waals surface area contributed by atoms with E-state index in [-0.39, 0.29) is 0 Å². The van der Waals surface area contributed by atoms with E-state index in [0.29, 0.717) is 17.3 Å². The molecular weight excluding hydrogens is 345 g/mol. The van der Waals surface area contributed by atoms with Gasteiger partial charge in [-0.3, -0.25) is 0 Å². The summed E-state index contributed by atoms with van der Waals surface area (Å²) in [5.74, 6) is 2.27. The molecule has 0 amide bonds. The van der Waals surface area contributed by atoms with Crippen LogP contribution in [-0.2, 0) is 6.54 Å². The Kier molecular flexibility index (Phi) is 5.03. The van der Waals surface area contributed by atoms with Gasteiger partial charge in [0.05, 0.1) is 18.7 Å². The number of hydrogen-bond donors (Lipinski definition) is 1. The highest BCUT2D eigenvalue weighted by Gasteiger charge is 2.07. The van der Waals surface area contributed by atoms with Crippen LogP contribution in [-0.4, -0.2) is 7.11 Å². The molecule has 124 valence electrons. The first kappa shape index (κ1) is 16.7. The van der Waals surface area contributed by atoms with E-state index in [1.165, 1.54) is 0 Å².